The molecule has 1 N–H and O–H groups in total. The van der Waals surface area contributed by atoms with Gasteiger partial charge >= 0.3 is 5.97 Å². The zero-order chi connectivity index (χ0) is 18.4. The van der Waals surface area contributed by atoms with Crippen molar-refractivity contribution in [3.63, 3.8) is 0 Å². The largest absolute Gasteiger partial charge is 0.484 e. The van der Waals surface area contributed by atoms with Crippen LogP contribution in [-0.2, 0) is 9.53 Å². The fourth-order valence-corrected chi connectivity index (χ4v) is 3.13. The Kier molecular flexibility index (Phi) is 5.66. The number of rotatable bonds is 6. The van der Waals surface area contributed by atoms with Crippen molar-refractivity contribution in [1.29, 1.82) is 0 Å². The van der Waals surface area contributed by atoms with E-state index in [0.717, 1.165) is 11.1 Å². The standard InChI is InChI=1S/C20H17NO4S/c1-24-20(23)19-17(11-12-26-19)21-18(22)13-25-16-9-7-15(8-10-16)14-5-3-2-4-6-14/h2-12H,13H2,1H3,(H,21,22). The first-order valence-corrected chi connectivity index (χ1v) is 8.79. The Morgan fingerprint density at radius 1 is 0.962 bits per heavy atom. The van der Waals surface area contributed by atoms with Gasteiger partial charge in [0, 0.05) is 0 Å². The Hall–Kier alpha value is -3.12. The van der Waals surface area contributed by atoms with Crippen LogP contribution in [0.15, 0.2) is 66.0 Å². The molecule has 1 aromatic heterocycles. The van der Waals surface area contributed by atoms with Gasteiger partial charge in [0.2, 0.25) is 0 Å². The Bertz CT molecular complexity index is 888. The number of carbonyl (C=O) groups is 2. The van der Waals surface area contributed by atoms with E-state index < -0.39 is 5.97 Å². The lowest BCUT2D eigenvalue weighted by Gasteiger charge is -2.08. The molecule has 0 aliphatic carbocycles. The number of ether oxygens (including phenoxy) is 2. The summed E-state index contributed by atoms with van der Waals surface area (Å²) in [4.78, 5) is 24.0. The zero-order valence-corrected chi connectivity index (χ0v) is 14.9. The average Bonchev–Trinajstić information content (AvgIpc) is 3.15. The molecule has 0 unspecified atom stereocenters. The number of esters is 1. The molecule has 132 valence electrons. The van der Waals surface area contributed by atoms with E-state index in [9.17, 15) is 9.59 Å². The summed E-state index contributed by atoms with van der Waals surface area (Å²) in [5.74, 6) is -0.230. The highest BCUT2D eigenvalue weighted by atomic mass is 32.1. The summed E-state index contributed by atoms with van der Waals surface area (Å²) in [7, 11) is 1.30. The molecular formula is C20H17NO4S. The van der Waals surface area contributed by atoms with E-state index in [2.05, 4.69) is 10.1 Å². The molecule has 26 heavy (non-hydrogen) atoms. The summed E-state index contributed by atoms with van der Waals surface area (Å²) >= 11 is 1.21. The number of benzene rings is 2. The van der Waals surface area contributed by atoms with E-state index >= 15 is 0 Å². The van der Waals surface area contributed by atoms with E-state index in [1.165, 1.54) is 18.4 Å². The fraction of sp³-hybridized carbons (Fsp3) is 0.100. The minimum atomic E-state index is -0.479. The van der Waals surface area contributed by atoms with Gasteiger partial charge in [-0.2, -0.15) is 0 Å². The maximum atomic E-state index is 12.1. The molecule has 0 saturated heterocycles. The highest BCUT2D eigenvalue weighted by Gasteiger charge is 2.15. The molecule has 0 aliphatic heterocycles. The van der Waals surface area contributed by atoms with Gasteiger partial charge in [-0.1, -0.05) is 42.5 Å². The van der Waals surface area contributed by atoms with Gasteiger partial charge in [0.1, 0.15) is 10.6 Å². The lowest BCUT2D eigenvalue weighted by atomic mass is 10.1. The molecule has 5 nitrogen and oxygen atoms in total. The highest BCUT2D eigenvalue weighted by molar-refractivity contribution is 7.12. The number of carbonyl (C=O) groups excluding carboxylic acids is 2. The van der Waals surface area contributed by atoms with Gasteiger partial charge in [0.05, 0.1) is 12.8 Å². The van der Waals surface area contributed by atoms with Crippen molar-refractivity contribution < 1.29 is 19.1 Å². The third kappa shape index (κ3) is 4.29. The normalized spacial score (nSPS) is 10.2. The van der Waals surface area contributed by atoms with Crippen LogP contribution in [0, 0.1) is 0 Å². The van der Waals surface area contributed by atoms with Crippen LogP contribution >= 0.6 is 11.3 Å². The Morgan fingerprint density at radius 3 is 2.35 bits per heavy atom. The molecule has 6 heteroatoms. The van der Waals surface area contributed by atoms with Gasteiger partial charge in [-0.05, 0) is 34.7 Å². The Balaban J connectivity index is 1.57. The number of anilines is 1. The van der Waals surface area contributed by atoms with Crippen LogP contribution in [-0.4, -0.2) is 25.6 Å². The van der Waals surface area contributed by atoms with Crippen LogP contribution in [0.5, 0.6) is 5.75 Å². The zero-order valence-electron chi connectivity index (χ0n) is 14.1. The number of amides is 1. The van der Waals surface area contributed by atoms with Gasteiger partial charge in [-0.3, -0.25) is 4.79 Å². The summed E-state index contributed by atoms with van der Waals surface area (Å²) in [6, 6.07) is 19.2. The van der Waals surface area contributed by atoms with Crippen LogP contribution < -0.4 is 10.1 Å². The number of hydrogen-bond donors (Lipinski definition) is 1. The smallest absolute Gasteiger partial charge is 0.350 e. The van der Waals surface area contributed by atoms with E-state index in [1.807, 2.05) is 54.6 Å². The van der Waals surface area contributed by atoms with Gasteiger partial charge in [-0.15, -0.1) is 11.3 Å². The molecule has 2 aromatic carbocycles. The van der Waals surface area contributed by atoms with E-state index in [4.69, 9.17) is 4.74 Å². The summed E-state index contributed by atoms with van der Waals surface area (Å²) in [5, 5.41) is 4.37. The minimum Gasteiger partial charge on any atom is -0.484 e. The number of thiophene rings is 1. The molecule has 1 heterocycles. The molecule has 3 aromatic rings. The second kappa shape index (κ2) is 8.31. The van der Waals surface area contributed by atoms with E-state index in [0.29, 0.717) is 16.3 Å². The maximum absolute atomic E-state index is 12.1. The van der Waals surface area contributed by atoms with Crippen LogP contribution in [0.4, 0.5) is 5.69 Å². The lowest BCUT2D eigenvalue weighted by molar-refractivity contribution is -0.118. The molecule has 0 radical (unpaired) electrons. The van der Waals surface area contributed by atoms with Crippen LogP contribution in [0.3, 0.4) is 0 Å². The molecule has 0 aliphatic rings. The van der Waals surface area contributed by atoms with Crippen molar-refractivity contribution in [1.82, 2.24) is 0 Å². The average molecular weight is 367 g/mol. The second-order valence-electron chi connectivity index (χ2n) is 5.38. The fourth-order valence-electron chi connectivity index (χ4n) is 2.37. The maximum Gasteiger partial charge on any atom is 0.350 e. The summed E-state index contributed by atoms with van der Waals surface area (Å²) in [6.07, 6.45) is 0. The van der Waals surface area contributed by atoms with Crippen molar-refractivity contribution in [3.05, 3.63) is 70.9 Å². The first-order chi connectivity index (χ1) is 12.7. The van der Waals surface area contributed by atoms with Crippen molar-refractivity contribution >= 4 is 28.9 Å². The first kappa shape index (κ1) is 17.7. The SMILES string of the molecule is COC(=O)c1sccc1NC(=O)COc1ccc(-c2ccccc2)cc1. The Morgan fingerprint density at radius 2 is 1.65 bits per heavy atom. The second-order valence-corrected chi connectivity index (χ2v) is 6.30. The number of methoxy groups -OCH3 is 1. The van der Waals surface area contributed by atoms with Crippen molar-refractivity contribution in [3.8, 4) is 16.9 Å². The van der Waals surface area contributed by atoms with Gasteiger partial charge in [0.25, 0.3) is 5.91 Å². The molecule has 0 bridgehead atoms. The summed E-state index contributed by atoms with van der Waals surface area (Å²) in [5.41, 5.74) is 2.61. The molecule has 0 atom stereocenters. The highest BCUT2D eigenvalue weighted by Crippen LogP contribution is 2.24. The third-order valence-electron chi connectivity index (χ3n) is 3.64. The number of hydrogen-bond acceptors (Lipinski definition) is 5. The van der Waals surface area contributed by atoms with Gasteiger partial charge < -0.3 is 14.8 Å². The minimum absolute atomic E-state index is 0.152. The van der Waals surface area contributed by atoms with Gasteiger partial charge in [-0.25, -0.2) is 4.79 Å². The predicted octanol–water partition coefficient (Wildman–Crippen LogP) is 4.22. The van der Waals surface area contributed by atoms with Crippen LogP contribution in [0.2, 0.25) is 0 Å². The molecule has 0 saturated carbocycles. The quantitative estimate of drug-likeness (QED) is 0.663. The molecule has 0 spiro atoms. The molecule has 3 rings (SSSR count). The van der Waals surface area contributed by atoms with Crippen molar-refractivity contribution in [2.45, 2.75) is 0 Å². The van der Waals surface area contributed by atoms with Gasteiger partial charge in [0.15, 0.2) is 6.61 Å². The van der Waals surface area contributed by atoms with Crippen LogP contribution in [0.1, 0.15) is 9.67 Å². The van der Waals surface area contributed by atoms with E-state index in [-0.39, 0.29) is 12.5 Å². The first-order valence-electron chi connectivity index (χ1n) is 7.91. The molecular weight excluding hydrogens is 350 g/mol. The van der Waals surface area contributed by atoms with Crippen LogP contribution in [0.25, 0.3) is 11.1 Å². The Labute approximate surface area is 155 Å². The number of nitrogens with one attached hydrogen (secondary N) is 1. The van der Waals surface area contributed by atoms with Crippen molar-refractivity contribution in [2.75, 3.05) is 19.0 Å². The lowest BCUT2D eigenvalue weighted by Crippen LogP contribution is -2.21. The topological polar surface area (TPSA) is 64.6 Å². The summed E-state index contributed by atoms with van der Waals surface area (Å²) in [6.45, 7) is -0.152. The van der Waals surface area contributed by atoms with Crippen molar-refractivity contribution in [2.24, 2.45) is 0 Å². The molecule has 0 fully saturated rings. The third-order valence-corrected chi connectivity index (χ3v) is 4.54. The van der Waals surface area contributed by atoms with E-state index in [1.54, 1.807) is 11.4 Å². The molecule has 1 amide bonds. The summed E-state index contributed by atoms with van der Waals surface area (Å²) < 4.78 is 10.2. The predicted molar refractivity (Wildman–Crippen MR) is 102 cm³/mol. The monoisotopic (exact) mass is 367 g/mol.